The van der Waals surface area contributed by atoms with Gasteiger partial charge in [0.15, 0.2) is 0 Å². The molecule has 0 saturated heterocycles. The van der Waals surface area contributed by atoms with E-state index in [9.17, 15) is 0 Å². The highest BCUT2D eigenvalue weighted by Gasteiger charge is 2.23. The van der Waals surface area contributed by atoms with Crippen molar-refractivity contribution in [3.8, 4) is 0 Å². The van der Waals surface area contributed by atoms with Crippen LogP contribution in [0.4, 0.5) is 11.4 Å². The molecule has 0 fully saturated rings. The Labute approximate surface area is 132 Å². The van der Waals surface area contributed by atoms with Crippen LogP contribution in [0, 0.1) is 0 Å². The van der Waals surface area contributed by atoms with E-state index in [1.807, 2.05) is 18.2 Å². The van der Waals surface area contributed by atoms with Gasteiger partial charge in [-0.2, -0.15) is 10.2 Å². The smallest absolute Gasteiger partial charge is 0.0863 e. The van der Waals surface area contributed by atoms with Crippen LogP contribution in [0.25, 0.3) is 0 Å². The van der Waals surface area contributed by atoms with E-state index in [1.54, 1.807) is 19.5 Å². The average Bonchev–Trinajstić information content (AvgIpc) is 2.54. The van der Waals surface area contributed by atoms with Gasteiger partial charge in [-0.1, -0.05) is 6.08 Å². The SMILES string of the molecule is C/N=C/C=C\C=C\N=N\c1cc2c3c(c1)CCCN3CCC2. The van der Waals surface area contributed by atoms with Crippen LogP contribution in [0.15, 0.2) is 51.8 Å². The zero-order valence-corrected chi connectivity index (χ0v) is 13.1. The second-order valence-corrected chi connectivity index (χ2v) is 5.66. The lowest BCUT2D eigenvalue weighted by Crippen LogP contribution is -2.34. The summed E-state index contributed by atoms with van der Waals surface area (Å²) in [5, 5.41) is 8.48. The van der Waals surface area contributed by atoms with Crippen molar-refractivity contribution in [2.24, 2.45) is 15.2 Å². The summed E-state index contributed by atoms with van der Waals surface area (Å²) in [6.07, 6.45) is 13.9. The van der Waals surface area contributed by atoms with E-state index in [1.165, 1.54) is 42.7 Å². The Morgan fingerprint density at radius 1 is 1.00 bits per heavy atom. The van der Waals surface area contributed by atoms with Gasteiger partial charge >= 0.3 is 0 Å². The van der Waals surface area contributed by atoms with Gasteiger partial charge in [-0.25, -0.2) is 0 Å². The Kier molecular flexibility index (Phi) is 4.78. The second-order valence-electron chi connectivity index (χ2n) is 5.66. The fourth-order valence-electron chi connectivity index (χ4n) is 3.23. The van der Waals surface area contributed by atoms with Crippen molar-refractivity contribution in [2.45, 2.75) is 25.7 Å². The van der Waals surface area contributed by atoms with Crippen LogP contribution in [0.1, 0.15) is 24.0 Å². The third-order valence-electron chi connectivity index (χ3n) is 4.10. The number of nitrogens with zero attached hydrogens (tertiary/aromatic N) is 4. The molecule has 0 aromatic heterocycles. The number of aryl methyl sites for hydroxylation is 2. The van der Waals surface area contributed by atoms with Crippen molar-refractivity contribution in [1.82, 2.24) is 0 Å². The summed E-state index contributed by atoms with van der Waals surface area (Å²) in [5.74, 6) is 0. The first kappa shape index (κ1) is 14.7. The quantitative estimate of drug-likeness (QED) is 0.465. The van der Waals surface area contributed by atoms with Crippen LogP contribution < -0.4 is 4.90 Å². The fraction of sp³-hybridized carbons (Fsp3) is 0.389. The summed E-state index contributed by atoms with van der Waals surface area (Å²) in [7, 11) is 1.75. The number of rotatable bonds is 4. The lowest BCUT2D eigenvalue weighted by molar-refractivity contribution is 0.634. The van der Waals surface area contributed by atoms with Gasteiger partial charge in [-0.15, -0.1) is 0 Å². The molecule has 0 aliphatic carbocycles. The number of azo groups is 1. The minimum atomic E-state index is 0.973. The largest absolute Gasteiger partial charge is 0.371 e. The van der Waals surface area contributed by atoms with Gasteiger partial charge in [0.2, 0.25) is 0 Å². The van der Waals surface area contributed by atoms with Crippen molar-refractivity contribution >= 4 is 17.6 Å². The number of anilines is 1. The Hall–Kier alpha value is -2.23. The third-order valence-corrected chi connectivity index (χ3v) is 4.10. The molecule has 3 rings (SSSR count). The molecule has 2 heterocycles. The number of hydrogen-bond donors (Lipinski definition) is 0. The van der Waals surface area contributed by atoms with E-state index in [2.05, 4.69) is 32.3 Å². The van der Waals surface area contributed by atoms with Crippen molar-refractivity contribution in [3.05, 3.63) is 47.7 Å². The summed E-state index contributed by atoms with van der Waals surface area (Å²) >= 11 is 0. The van der Waals surface area contributed by atoms with Gasteiger partial charge in [0, 0.05) is 38.2 Å². The molecule has 2 aliphatic heterocycles. The van der Waals surface area contributed by atoms with Crippen molar-refractivity contribution in [2.75, 3.05) is 25.0 Å². The van der Waals surface area contributed by atoms with Crippen molar-refractivity contribution in [1.29, 1.82) is 0 Å². The molecule has 0 unspecified atom stereocenters. The molecule has 0 spiro atoms. The molecule has 4 nitrogen and oxygen atoms in total. The molecule has 1 aromatic carbocycles. The van der Waals surface area contributed by atoms with Gasteiger partial charge < -0.3 is 4.90 Å². The zero-order valence-electron chi connectivity index (χ0n) is 13.1. The van der Waals surface area contributed by atoms with E-state index in [-0.39, 0.29) is 0 Å². The molecule has 114 valence electrons. The lowest BCUT2D eigenvalue weighted by atomic mass is 9.91. The predicted octanol–water partition coefficient (Wildman–Crippen LogP) is 4.24. The fourth-order valence-corrected chi connectivity index (χ4v) is 3.23. The van der Waals surface area contributed by atoms with Crippen LogP contribution in [0.5, 0.6) is 0 Å². The van der Waals surface area contributed by atoms with E-state index in [4.69, 9.17) is 0 Å². The maximum atomic E-state index is 4.34. The standard InChI is InChI=1S/C18H22N4/c1-19-9-3-2-4-10-20-21-17-13-15-7-5-11-22-12-6-8-16(14-17)18(15)22/h2-4,9-10,13-14H,5-8,11-12H2,1H3/b3-2-,10-4+,19-9+,21-20+. The van der Waals surface area contributed by atoms with Gasteiger partial charge in [0.25, 0.3) is 0 Å². The van der Waals surface area contributed by atoms with Gasteiger partial charge in [-0.3, -0.25) is 4.99 Å². The first-order valence-electron chi connectivity index (χ1n) is 7.94. The highest BCUT2D eigenvalue weighted by molar-refractivity contribution is 5.71. The number of benzene rings is 1. The number of aliphatic imine (C=N–C) groups is 1. The second kappa shape index (κ2) is 7.16. The van der Waals surface area contributed by atoms with Crippen LogP contribution in [-0.4, -0.2) is 26.4 Å². The maximum Gasteiger partial charge on any atom is 0.0863 e. The molecule has 0 N–H and O–H groups in total. The first-order valence-corrected chi connectivity index (χ1v) is 7.94. The predicted molar refractivity (Wildman–Crippen MR) is 92.5 cm³/mol. The van der Waals surface area contributed by atoms with E-state index in [0.717, 1.165) is 18.5 Å². The Morgan fingerprint density at radius 2 is 1.73 bits per heavy atom. The molecular formula is C18H22N4. The molecule has 2 aliphatic rings. The summed E-state index contributed by atoms with van der Waals surface area (Å²) in [6, 6.07) is 4.40. The molecule has 0 atom stereocenters. The van der Waals surface area contributed by atoms with Crippen molar-refractivity contribution in [3.63, 3.8) is 0 Å². The van der Waals surface area contributed by atoms with E-state index in [0.29, 0.717) is 0 Å². The van der Waals surface area contributed by atoms with Crippen molar-refractivity contribution < 1.29 is 0 Å². The molecular weight excluding hydrogens is 272 g/mol. The number of hydrogen-bond acceptors (Lipinski definition) is 4. The molecule has 1 aromatic rings. The zero-order chi connectivity index (χ0) is 15.2. The normalized spacial score (nSPS) is 18.1. The van der Waals surface area contributed by atoms with E-state index < -0.39 is 0 Å². The molecule has 22 heavy (non-hydrogen) atoms. The highest BCUT2D eigenvalue weighted by Crippen LogP contribution is 2.38. The first-order chi connectivity index (χ1) is 10.9. The highest BCUT2D eigenvalue weighted by atomic mass is 15.1. The van der Waals surface area contributed by atoms with Gasteiger partial charge in [0.05, 0.1) is 5.69 Å². The summed E-state index contributed by atoms with van der Waals surface area (Å²) < 4.78 is 0. The molecule has 0 radical (unpaired) electrons. The molecule has 0 amide bonds. The molecule has 0 saturated carbocycles. The summed E-state index contributed by atoms with van der Waals surface area (Å²) in [4.78, 5) is 6.41. The van der Waals surface area contributed by atoms with E-state index >= 15 is 0 Å². The van der Waals surface area contributed by atoms with Crippen LogP contribution in [0.2, 0.25) is 0 Å². The monoisotopic (exact) mass is 294 g/mol. The minimum Gasteiger partial charge on any atom is -0.371 e. The lowest BCUT2D eigenvalue weighted by Gasteiger charge is -2.36. The summed E-state index contributed by atoms with van der Waals surface area (Å²) in [5.41, 5.74) is 5.34. The number of allylic oxidation sites excluding steroid dienone is 3. The minimum absolute atomic E-state index is 0.973. The van der Waals surface area contributed by atoms with Crippen LogP contribution in [0.3, 0.4) is 0 Å². The molecule has 4 heteroatoms. The van der Waals surface area contributed by atoms with Crippen LogP contribution in [-0.2, 0) is 12.8 Å². The van der Waals surface area contributed by atoms with Gasteiger partial charge in [0.1, 0.15) is 0 Å². The Morgan fingerprint density at radius 3 is 2.41 bits per heavy atom. The Balaban J connectivity index is 1.75. The Bertz CT molecular complexity index is 609. The van der Waals surface area contributed by atoms with Gasteiger partial charge in [-0.05, 0) is 61.1 Å². The molecule has 0 bridgehead atoms. The third kappa shape index (κ3) is 3.32. The maximum absolute atomic E-state index is 4.34. The van der Waals surface area contributed by atoms with Crippen LogP contribution >= 0.6 is 0 Å². The average molecular weight is 294 g/mol. The summed E-state index contributed by atoms with van der Waals surface area (Å²) in [6.45, 7) is 2.41. The topological polar surface area (TPSA) is 40.3 Å².